The second-order valence-corrected chi connectivity index (χ2v) is 7.98. The van der Waals surface area contributed by atoms with Gasteiger partial charge in [-0.1, -0.05) is 6.92 Å². The van der Waals surface area contributed by atoms with Crippen LogP contribution in [0.4, 0.5) is 0 Å². The van der Waals surface area contributed by atoms with Crippen molar-refractivity contribution in [2.45, 2.75) is 58.5 Å². The lowest BCUT2D eigenvalue weighted by atomic mass is 9.59. The summed E-state index contributed by atoms with van der Waals surface area (Å²) in [4.78, 5) is 5.41. The van der Waals surface area contributed by atoms with Gasteiger partial charge in [-0.25, -0.2) is 0 Å². The molecule has 3 fully saturated rings. The highest BCUT2D eigenvalue weighted by Gasteiger charge is 2.55. The van der Waals surface area contributed by atoms with E-state index in [1.54, 1.807) is 0 Å². The molecule has 0 aromatic carbocycles. The molecule has 1 aliphatic carbocycles. The van der Waals surface area contributed by atoms with E-state index in [1.165, 1.54) is 45.4 Å². The van der Waals surface area contributed by atoms with Gasteiger partial charge in [0.15, 0.2) is 0 Å². The van der Waals surface area contributed by atoms with Gasteiger partial charge in [0.05, 0.1) is 0 Å². The molecule has 2 nitrogen and oxygen atoms in total. The quantitative estimate of drug-likeness (QED) is 0.690. The fourth-order valence-corrected chi connectivity index (χ4v) is 3.99. The molecule has 2 heterocycles. The average Bonchev–Trinajstić information content (AvgIpc) is 2.44. The Morgan fingerprint density at radius 1 is 1.12 bits per heavy atom. The molecule has 3 rings (SSSR count). The Morgan fingerprint density at radius 3 is 2.24 bits per heavy atom. The molecule has 2 aliphatic heterocycles. The Kier molecular flexibility index (Phi) is 2.61. The Morgan fingerprint density at radius 2 is 1.76 bits per heavy atom. The van der Waals surface area contributed by atoms with Crippen LogP contribution in [0.1, 0.15) is 47.0 Å². The van der Waals surface area contributed by atoms with Gasteiger partial charge in [0.25, 0.3) is 0 Å². The molecule has 0 aromatic heterocycles. The van der Waals surface area contributed by atoms with Crippen molar-refractivity contribution in [3.63, 3.8) is 0 Å². The predicted molar refractivity (Wildman–Crippen MR) is 72.1 cm³/mol. The van der Waals surface area contributed by atoms with E-state index in [0.29, 0.717) is 5.54 Å². The predicted octanol–water partition coefficient (Wildman–Crippen LogP) is 2.59. The van der Waals surface area contributed by atoms with E-state index in [1.807, 2.05) is 0 Å². The first-order valence-electron chi connectivity index (χ1n) is 7.37. The minimum atomic E-state index is 0.387. The molecule has 1 spiro atoms. The summed E-state index contributed by atoms with van der Waals surface area (Å²) in [5.41, 5.74) is 1.11. The molecule has 1 saturated carbocycles. The van der Waals surface area contributed by atoms with E-state index < -0.39 is 0 Å². The number of likely N-dealkylation sites (tertiary alicyclic amines) is 2. The van der Waals surface area contributed by atoms with Crippen molar-refractivity contribution in [1.82, 2.24) is 9.80 Å². The van der Waals surface area contributed by atoms with Crippen LogP contribution in [0.15, 0.2) is 0 Å². The van der Waals surface area contributed by atoms with Gasteiger partial charge in [-0.2, -0.15) is 0 Å². The summed E-state index contributed by atoms with van der Waals surface area (Å²) < 4.78 is 0. The maximum Gasteiger partial charge on any atom is 0.0125 e. The standard InChI is InChI=1S/C15H28N2/c1-12-5-6-16(9-12)13-7-15(8-13)10-17(11-15)14(2,3)4/h12-13H,5-11H2,1-4H3/t12-/m0/s1. The third-order valence-corrected chi connectivity index (χ3v) is 5.31. The summed E-state index contributed by atoms with van der Waals surface area (Å²) in [6.07, 6.45) is 4.39. The summed E-state index contributed by atoms with van der Waals surface area (Å²) in [5.74, 6) is 0.944. The zero-order valence-corrected chi connectivity index (χ0v) is 12.0. The first-order chi connectivity index (χ1) is 7.88. The molecule has 3 aliphatic rings. The highest BCUT2D eigenvalue weighted by Crippen LogP contribution is 2.52. The minimum absolute atomic E-state index is 0.387. The molecule has 0 bridgehead atoms. The molecular formula is C15H28N2. The third kappa shape index (κ3) is 2.04. The van der Waals surface area contributed by atoms with Crippen molar-refractivity contribution in [2.24, 2.45) is 11.3 Å². The van der Waals surface area contributed by atoms with Gasteiger partial charge in [0.1, 0.15) is 0 Å². The zero-order valence-electron chi connectivity index (χ0n) is 12.0. The number of hydrogen-bond acceptors (Lipinski definition) is 2. The lowest BCUT2D eigenvalue weighted by Crippen LogP contribution is -2.69. The Labute approximate surface area is 106 Å². The molecule has 17 heavy (non-hydrogen) atoms. The highest BCUT2D eigenvalue weighted by molar-refractivity contribution is 5.10. The molecule has 0 unspecified atom stereocenters. The van der Waals surface area contributed by atoms with E-state index in [4.69, 9.17) is 0 Å². The van der Waals surface area contributed by atoms with E-state index in [0.717, 1.165) is 17.4 Å². The summed E-state index contributed by atoms with van der Waals surface area (Å²) in [6, 6.07) is 0.932. The van der Waals surface area contributed by atoms with Crippen molar-refractivity contribution in [3.8, 4) is 0 Å². The lowest BCUT2D eigenvalue weighted by Gasteiger charge is -2.64. The average molecular weight is 236 g/mol. The van der Waals surface area contributed by atoms with Gasteiger partial charge in [-0.05, 0) is 57.9 Å². The monoisotopic (exact) mass is 236 g/mol. The normalized spacial score (nSPS) is 34.9. The summed E-state index contributed by atoms with van der Waals surface area (Å²) in [6.45, 7) is 14.9. The van der Waals surface area contributed by atoms with Crippen LogP contribution < -0.4 is 0 Å². The van der Waals surface area contributed by atoms with Gasteiger partial charge in [-0.3, -0.25) is 4.90 Å². The molecular weight excluding hydrogens is 208 g/mol. The maximum absolute atomic E-state index is 2.76. The highest BCUT2D eigenvalue weighted by atomic mass is 15.3. The minimum Gasteiger partial charge on any atom is -0.300 e. The maximum atomic E-state index is 2.76. The van der Waals surface area contributed by atoms with Crippen LogP contribution in [0.5, 0.6) is 0 Å². The molecule has 0 radical (unpaired) electrons. The van der Waals surface area contributed by atoms with E-state index in [2.05, 4.69) is 37.5 Å². The van der Waals surface area contributed by atoms with Crippen molar-refractivity contribution >= 4 is 0 Å². The Hall–Kier alpha value is -0.0800. The van der Waals surface area contributed by atoms with E-state index >= 15 is 0 Å². The van der Waals surface area contributed by atoms with E-state index in [9.17, 15) is 0 Å². The van der Waals surface area contributed by atoms with Crippen molar-refractivity contribution in [1.29, 1.82) is 0 Å². The van der Waals surface area contributed by atoms with Crippen LogP contribution in [0, 0.1) is 11.3 Å². The van der Waals surface area contributed by atoms with Gasteiger partial charge >= 0.3 is 0 Å². The van der Waals surface area contributed by atoms with Crippen molar-refractivity contribution in [3.05, 3.63) is 0 Å². The molecule has 0 amide bonds. The number of rotatable bonds is 1. The van der Waals surface area contributed by atoms with Gasteiger partial charge in [0.2, 0.25) is 0 Å². The van der Waals surface area contributed by atoms with Crippen LogP contribution in [-0.2, 0) is 0 Å². The smallest absolute Gasteiger partial charge is 0.0125 e. The van der Waals surface area contributed by atoms with Crippen molar-refractivity contribution < 1.29 is 0 Å². The molecule has 98 valence electrons. The fraction of sp³-hybridized carbons (Fsp3) is 1.00. The number of nitrogens with zero attached hydrogens (tertiary/aromatic N) is 2. The topological polar surface area (TPSA) is 6.48 Å². The largest absolute Gasteiger partial charge is 0.300 e. The molecule has 0 N–H and O–H groups in total. The Bertz CT molecular complexity index is 291. The fourth-order valence-electron chi connectivity index (χ4n) is 3.99. The molecule has 2 saturated heterocycles. The van der Waals surface area contributed by atoms with Crippen LogP contribution in [-0.4, -0.2) is 47.6 Å². The first kappa shape index (κ1) is 12.0. The van der Waals surface area contributed by atoms with Gasteiger partial charge in [-0.15, -0.1) is 0 Å². The van der Waals surface area contributed by atoms with Crippen molar-refractivity contribution in [2.75, 3.05) is 26.2 Å². The van der Waals surface area contributed by atoms with Crippen LogP contribution >= 0.6 is 0 Å². The summed E-state index contributed by atoms with van der Waals surface area (Å²) >= 11 is 0. The second kappa shape index (κ2) is 3.71. The summed E-state index contributed by atoms with van der Waals surface area (Å²) in [7, 11) is 0. The lowest BCUT2D eigenvalue weighted by molar-refractivity contribution is -0.137. The van der Waals surface area contributed by atoms with E-state index in [-0.39, 0.29) is 0 Å². The van der Waals surface area contributed by atoms with Crippen LogP contribution in [0.3, 0.4) is 0 Å². The number of hydrogen-bond donors (Lipinski definition) is 0. The molecule has 1 atom stereocenters. The van der Waals surface area contributed by atoms with Gasteiger partial charge in [0, 0.05) is 31.2 Å². The molecule has 2 heteroatoms. The zero-order chi connectivity index (χ0) is 12.3. The van der Waals surface area contributed by atoms with Crippen LogP contribution in [0.25, 0.3) is 0 Å². The second-order valence-electron chi connectivity index (χ2n) is 7.98. The van der Waals surface area contributed by atoms with Gasteiger partial charge < -0.3 is 4.90 Å². The SMILES string of the molecule is C[C@H]1CCN(C2CC3(C2)CN(C(C)(C)C)C3)C1. The molecule has 0 aromatic rings. The third-order valence-electron chi connectivity index (χ3n) is 5.31. The van der Waals surface area contributed by atoms with Crippen LogP contribution in [0.2, 0.25) is 0 Å². The Balaban J connectivity index is 1.47. The first-order valence-corrected chi connectivity index (χ1v) is 7.37. The summed E-state index contributed by atoms with van der Waals surface area (Å²) in [5, 5.41) is 0.